The van der Waals surface area contributed by atoms with Crippen LogP contribution in [0.4, 0.5) is 11.4 Å². The maximum absolute atomic E-state index is 5.77. The van der Waals surface area contributed by atoms with Crippen LogP contribution in [0.25, 0.3) is 0 Å². The first-order valence-corrected chi connectivity index (χ1v) is 5.85. The summed E-state index contributed by atoms with van der Waals surface area (Å²) in [6, 6.07) is 6.86. The SMILES string of the molecule is Cc1cc(N)ccc1N1CCC(N(C)C)C1. The maximum atomic E-state index is 5.77. The Bertz CT molecular complexity index is 373. The summed E-state index contributed by atoms with van der Waals surface area (Å²) in [5.74, 6) is 0. The molecule has 0 bridgehead atoms. The smallest absolute Gasteiger partial charge is 0.0397 e. The molecule has 0 radical (unpaired) electrons. The summed E-state index contributed by atoms with van der Waals surface area (Å²) in [5, 5.41) is 0. The molecule has 1 fully saturated rings. The second-order valence-corrected chi connectivity index (χ2v) is 4.90. The first-order valence-electron chi connectivity index (χ1n) is 5.85. The molecule has 0 aliphatic carbocycles. The Kier molecular flexibility index (Phi) is 3.06. The van der Waals surface area contributed by atoms with Crippen LogP contribution in [0.15, 0.2) is 18.2 Å². The third-order valence-electron chi connectivity index (χ3n) is 3.46. The number of nitrogen functional groups attached to an aromatic ring is 1. The Morgan fingerprint density at radius 2 is 2.12 bits per heavy atom. The molecule has 1 aromatic carbocycles. The predicted octanol–water partition coefficient (Wildman–Crippen LogP) is 1.72. The van der Waals surface area contributed by atoms with Crippen LogP contribution in [-0.2, 0) is 0 Å². The summed E-state index contributed by atoms with van der Waals surface area (Å²) in [6.07, 6.45) is 1.25. The Hall–Kier alpha value is -1.22. The van der Waals surface area contributed by atoms with E-state index < -0.39 is 0 Å². The lowest BCUT2D eigenvalue weighted by molar-refractivity contribution is 0.315. The molecule has 2 rings (SSSR count). The van der Waals surface area contributed by atoms with Crippen molar-refractivity contribution in [1.29, 1.82) is 0 Å². The number of aryl methyl sites for hydroxylation is 1. The second kappa shape index (κ2) is 4.34. The molecule has 16 heavy (non-hydrogen) atoms. The van der Waals surface area contributed by atoms with Crippen LogP contribution in [0.2, 0.25) is 0 Å². The number of hydrogen-bond donors (Lipinski definition) is 1. The van der Waals surface area contributed by atoms with Crippen molar-refractivity contribution in [3.05, 3.63) is 23.8 Å². The van der Waals surface area contributed by atoms with E-state index in [9.17, 15) is 0 Å². The Morgan fingerprint density at radius 3 is 2.69 bits per heavy atom. The van der Waals surface area contributed by atoms with Gasteiger partial charge >= 0.3 is 0 Å². The van der Waals surface area contributed by atoms with Crippen LogP contribution in [0.3, 0.4) is 0 Å². The van der Waals surface area contributed by atoms with Crippen molar-refractivity contribution in [3.8, 4) is 0 Å². The van der Waals surface area contributed by atoms with E-state index in [4.69, 9.17) is 5.73 Å². The molecular formula is C13H21N3. The van der Waals surface area contributed by atoms with Gasteiger partial charge in [0.25, 0.3) is 0 Å². The number of anilines is 2. The van der Waals surface area contributed by atoms with Gasteiger partial charge in [-0.3, -0.25) is 0 Å². The lowest BCUT2D eigenvalue weighted by Gasteiger charge is -2.23. The van der Waals surface area contributed by atoms with E-state index in [-0.39, 0.29) is 0 Å². The Labute approximate surface area is 97.8 Å². The topological polar surface area (TPSA) is 32.5 Å². The van der Waals surface area contributed by atoms with Crippen molar-refractivity contribution in [1.82, 2.24) is 4.90 Å². The van der Waals surface area contributed by atoms with E-state index in [0.29, 0.717) is 6.04 Å². The zero-order valence-corrected chi connectivity index (χ0v) is 10.4. The van der Waals surface area contributed by atoms with Gasteiger partial charge in [-0.1, -0.05) is 0 Å². The quantitative estimate of drug-likeness (QED) is 0.769. The predicted molar refractivity (Wildman–Crippen MR) is 69.9 cm³/mol. The fourth-order valence-electron chi connectivity index (χ4n) is 2.42. The van der Waals surface area contributed by atoms with Gasteiger partial charge in [0.2, 0.25) is 0 Å². The van der Waals surface area contributed by atoms with E-state index >= 15 is 0 Å². The minimum absolute atomic E-state index is 0.678. The molecule has 1 atom stereocenters. The molecule has 1 aliphatic heterocycles. The zero-order chi connectivity index (χ0) is 11.7. The van der Waals surface area contributed by atoms with E-state index in [0.717, 1.165) is 18.8 Å². The highest BCUT2D eigenvalue weighted by Gasteiger charge is 2.24. The van der Waals surface area contributed by atoms with Gasteiger partial charge in [-0.25, -0.2) is 0 Å². The zero-order valence-electron chi connectivity index (χ0n) is 10.4. The highest BCUT2D eigenvalue weighted by Crippen LogP contribution is 2.26. The van der Waals surface area contributed by atoms with Crippen molar-refractivity contribution in [2.24, 2.45) is 0 Å². The van der Waals surface area contributed by atoms with Crippen LogP contribution in [0.5, 0.6) is 0 Å². The van der Waals surface area contributed by atoms with Gasteiger partial charge in [0.15, 0.2) is 0 Å². The van der Waals surface area contributed by atoms with Crippen molar-refractivity contribution in [2.75, 3.05) is 37.8 Å². The number of hydrogen-bond acceptors (Lipinski definition) is 3. The summed E-state index contributed by atoms with van der Waals surface area (Å²) >= 11 is 0. The molecule has 0 amide bonds. The molecule has 1 heterocycles. The van der Waals surface area contributed by atoms with Crippen molar-refractivity contribution in [3.63, 3.8) is 0 Å². The highest BCUT2D eigenvalue weighted by molar-refractivity contribution is 5.59. The molecular weight excluding hydrogens is 198 g/mol. The normalized spacial score (nSPS) is 20.8. The number of likely N-dealkylation sites (N-methyl/N-ethyl adjacent to an activating group) is 1. The molecule has 3 heteroatoms. The summed E-state index contributed by atoms with van der Waals surface area (Å²) in [5.41, 5.74) is 9.24. The van der Waals surface area contributed by atoms with E-state index in [1.165, 1.54) is 17.7 Å². The third-order valence-corrected chi connectivity index (χ3v) is 3.46. The van der Waals surface area contributed by atoms with Crippen LogP contribution >= 0.6 is 0 Å². The van der Waals surface area contributed by atoms with Gasteiger partial charge in [-0.05, 0) is 51.2 Å². The molecule has 1 aromatic rings. The second-order valence-electron chi connectivity index (χ2n) is 4.90. The summed E-state index contributed by atoms with van der Waals surface area (Å²) in [6.45, 7) is 4.40. The van der Waals surface area contributed by atoms with Gasteiger partial charge in [-0.2, -0.15) is 0 Å². The molecule has 0 aromatic heterocycles. The largest absolute Gasteiger partial charge is 0.399 e. The number of nitrogens with two attached hydrogens (primary N) is 1. The standard InChI is InChI=1S/C13H21N3/c1-10-8-11(14)4-5-13(10)16-7-6-12(9-16)15(2)3/h4-5,8,12H,6-7,9,14H2,1-3H3. The Balaban J connectivity index is 2.14. The molecule has 1 unspecified atom stereocenters. The van der Waals surface area contributed by atoms with Gasteiger partial charge in [0, 0.05) is 30.5 Å². The third kappa shape index (κ3) is 2.14. The lowest BCUT2D eigenvalue weighted by Crippen LogP contribution is -2.31. The summed E-state index contributed by atoms with van der Waals surface area (Å²) < 4.78 is 0. The van der Waals surface area contributed by atoms with Gasteiger partial charge in [-0.15, -0.1) is 0 Å². The van der Waals surface area contributed by atoms with Crippen LogP contribution < -0.4 is 10.6 Å². The first kappa shape index (κ1) is 11.3. The van der Waals surface area contributed by atoms with Crippen LogP contribution in [0, 0.1) is 6.92 Å². The van der Waals surface area contributed by atoms with Gasteiger partial charge in [0.1, 0.15) is 0 Å². The molecule has 3 nitrogen and oxygen atoms in total. The minimum Gasteiger partial charge on any atom is -0.399 e. The fourth-order valence-corrected chi connectivity index (χ4v) is 2.42. The number of benzene rings is 1. The molecule has 1 saturated heterocycles. The number of rotatable bonds is 2. The summed E-state index contributed by atoms with van der Waals surface area (Å²) in [7, 11) is 4.31. The van der Waals surface area contributed by atoms with E-state index in [1.54, 1.807) is 0 Å². The lowest BCUT2D eigenvalue weighted by atomic mass is 10.1. The van der Waals surface area contributed by atoms with Gasteiger partial charge < -0.3 is 15.5 Å². The molecule has 0 saturated carbocycles. The average Bonchev–Trinajstić information content (AvgIpc) is 2.66. The van der Waals surface area contributed by atoms with E-state index in [2.05, 4.69) is 43.0 Å². The first-order chi connectivity index (χ1) is 7.58. The van der Waals surface area contributed by atoms with E-state index in [1.807, 2.05) is 6.07 Å². The molecule has 1 aliphatic rings. The highest BCUT2D eigenvalue weighted by atomic mass is 15.2. The monoisotopic (exact) mass is 219 g/mol. The number of nitrogens with zero attached hydrogens (tertiary/aromatic N) is 2. The van der Waals surface area contributed by atoms with Crippen LogP contribution in [-0.4, -0.2) is 38.1 Å². The average molecular weight is 219 g/mol. The minimum atomic E-state index is 0.678. The van der Waals surface area contributed by atoms with Crippen molar-refractivity contribution < 1.29 is 0 Å². The van der Waals surface area contributed by atoms with Crippen molar-refractivity contribution >= 4 is 11.4 Å². The summed E-state index contributed by atoms with van der Waals surface area (Å²) in [4.78, 5) is 4.77. The molecule has 2 N–H and O–H groups in total. The van der Waals surface area contributed by atoms with Crippen molar-refractivity contribution in [2.45, 2.75) is 19.4 Å². The fraction of sp³-hybridized carbons (Fsp3) is 0.538. The Morgan fingerprint density at radius 1 is 1.38 bits per heavy atom. The van der Waals surface area contributed by atoms with Crippen LogP contribution in [0.1, 0.15) is 12.0 Å². The molecule has 0 spiro atoms. The van der Waals surface area contributed by atoms with Gasteiger partial charge in [0.05, 0.1) is 0 Å². The maximum Gasteiger partial charge on any atom is 0.0397 e. The molecule has 88 valence electrons.